The molecule has 3 aromatic rings. The van der Waals surface area contributed by atoms with Gasteiger partial charge in [-0.1, -0.05) is 30.3 Å². The molecule has 0 fully saturated rings. The number of hydrogen-bond acceptors (Lipinski definition) is 3. The molecule has 2 heterocycles. The van der Waals surface area contributed by atoms with Crippen molar-refractivity contribution in [3.05, 3.63) is 77.3 Å². The normalized spacial score (nSPS) is 11.5. The van der Waals surface area contributed by atoms with E-state index < -0.39 is 0 Å². The van der Waals surface area contributed by atoms with Gasteiger partial charge in [0.25, 0.3) is 0 Å². The van der Waals surface area contributed by atoms with E-state index in [-0.39, 0.29) is 11.9 Å². The van der Waals surface area contributed by atoms with Gasteiger partial charge < -0.3 is 9.88 Å². The van der Waals surface area contributed by atoms with Gasteiger partial charge in [-0.25, -0.2) is 4.68 Å². The maximum absolute atomic E-state index is 12.2. The van der Waals surface area contributed by atoms with Crippen molar-refractivity contribution >= 4 is 23.7 Å². The van der Waals surface area contributed by atoms with Gasteiger partial charge in [0.15, 0.2) is 0 Å². The van der Waals surface area contributed by atoms with E-state index in [9.17, 15) is 4.79 Å². The Morgan fingerprint density at radius 1 is 1.20 bits per heavy atom. The standard InChI is InChI=1S/C24H30N4OS/c1-18(2)28-24(12-13-26-28)27-19(3)16-22(20(27)4)10-11-23(29)25-14-15-30-17-21-8-6-5-7-9-21/h5-13,16,18H,14-15,17H2,1-4H3,(H,25,29)/b11-10+. The fourth-order valence-electron chi connectivity index (χ4n) is 3.43. The molecule has 0 bridgehead atoms. The number of carbonyl (C=O) groups excluding carboxylic acids is 1. The number of thioether (sulfide) groups is 1. The smallest absolute Gasteiger partial charge is 0.244 e. The largest absolute Gasteiger partial charge is 0.352 e. The molecule has 0 radical (unpaired) electrons. The molecule has 0 saturated heterocycles. The summed E-state index contributed by atoms with van der Waals surface area (Å²) in [5, 5.41) is 7.40. The zero-order valence-corrected chi connectivity index (χ0v) is 18.9. The number of nitrogens with zero attached hydrogens (tertiary/aromatic N) is 3. The number of rotatable bonds is 9. The maximum atomic E-state index is 12.2. The molecule has 3 rings (SSSR count). The summed E-state index contributed by atoms with van der Waals surface area (Å²) < 4.78 is 4.19. The van der Waals surface area contributed by atoms with Gasteiger partial charge in [-0.3, -0.25) is 4.79 Å². The van der Waals surface area contributed by atoms with Crippen molar-refractivity contribution in [1.82, 2.24) is 19.7 Å². The van der Waals surface area contributed by atoms with E-state index in [1.165, 1.54) is 5.56 Å². The second-order valence-corrected chi connectivity index (χ2v) is 8.66. The van der Waals surface area contributed by atoms with Gasteiger partial charge in [0.1, 0.15) is 5.82 Å². The first-order valence-corrected chi connectivity index (χ1v) is 11.4. The van der Waals surface area contributed by atoms with Crippen LogP contribution in [0, 0.1) is 13.8 Å². The molecule has 0 aliphatic carbocycles. The van der Waals surface area contributed by atoms with Crippen LogP contribution in [0.25, 0.3) is 11.9 Å². The second-order valence-electron chi connectivity index (χ2n) is 7.55. The zero-order chi connectivity index (χ0) is 21.5. The van der Waals surface area contributed by atoms with Crippen molar-refractivity contribution in [3.63, 3.8) is 0 Å². The Bertz CT molecular complexity index is 1000. The number of carbonyl (C=O) groups is 1. The topological polar surface area (TPSA) is 51.9 Å². The van der Waals surface area contributed by atoms with Crippen LogP contribution in [0.1, 0.15) is 42.4 Å². The Hall–Kier alpha value is -2.73. The van der Waals surface area contributed by atoms with Gasteiger partial charge in [-0.05, 0) is 51.0 Å². The lowest BCUT2D eigenvalue weighted by Gasteiger charge is -2.15. The van der Waals surface area contributed by atoms with Gasteiger partial charge in [0, 0.05) is 47.6 Å². The summed E-state index contributed by atoms with van der Waals surface area (Å²) in [6.45, 7) is 9.05. The van der Waals surface area contributed by atoms with Gasteiger partial charge in [-0.15, -0.1) is 0 Å². The van der Waals surface area contributed by atoms with Crippen LogP contribution in [0.5, 0.6) is 0 Å². The van der Waals surface area contributed by atoms with Crippen LogP contribution in [0.15, 0.2) is 54.7 Å². The number of hydrogen-bond donors (Lipinski definition) is 1. The van der Waals surface area contributed by atoms with E-state index >= 15 is 0 Å². The van der Waals surface area contributed by atoms with Crippen LogP contribution in [0.2, 0.25) is 0 Å². The first-order chi connectivity index (χ1) is 14.5. The molecular weight excluding hydrogens is 392 g/mol. The summed E-state index contributed by atoms with van der Waals surface area (Å²) >= 11 is 1.82. The van der Waals surface area contributed by atoms with Crippen molar-refractivity contribution in [2.45, 2.75) is 39.5 Å². The predicted octanol–water partition coefficient (Wildman–Crippen LogP) is 4.93. The lowest BCUT2D eigenvalue weighted by Crippen LogP contribution is -2.23. The molecule has 0 atom stereocenters. The van der Waals surface area contributed by atoms with Gasteiger partial charge in [-0.2, -0.15) is 16.9 Å². The van der Waals surface area contributed by atoms with Crippen LogP contribution in [-0.4, -0.2) is 32.6 Å². The minimum absolute atomic E-state index is 0.0627. The van der Waals surface area contributed by atoms with Crippen molar-refractivity contribution < 1.29 is 4.79 Å². The Balaban J connectivity index is 1.54. The number of amides is 1. The molecule has 30 heavy (non-hydrogen) atoms. The van der Waals surface area contributed by atoms with Gasteiger partial charge in [0.2, 0.25) is 5.91 Å². The molecule has 0 saturated carbocycles. The average molecular weight is 423 g/mol. The molecule has 1 amide bonds. The summed E-state index contributed by atoms with van der Waals surface area (Å²) in [6.07, 6.45) is 5.34. The summed E-state index contributed by atoms with van der Waals surface area (Å²) in [7, 11) is 0. The molecular formula is C24H30N4OS. The summed E-state index contributed by atoms with van der Waals surface area (Å²) in [6, 6.07) is 14.8. The summed E-state index contributed by atoms with van der Waals surface area (Å²) in [5.74, 6) is 2.83. The fraction of sp³-hybridized carbons (Fsp3) is 0.333. The summed E-state index contributed by atoms with van der Waals surface area (Å²) in [5.41, 5.74) is 4.56. The minimum atomic E-state index is -0.0627. The number of nitrogens with one attached hydrogen (secondary N) is 1. The average Bonchev–Trinajstić information content (AvgIpc) is 3.31. The van der Waals surface area contributed by atoms with Crippen LogP contribution >= 0.6 is 11.8 Å². The van der Waals surface area contributed by atoms with Crippen molar-refractivity contribution in [2.75, 3.05) is 12.3 Å². The highest BCUT2D eigenvalue weighted by atomic mass is 32.2. The van der Waals surface area contributed by atoms with Crippen molar-refractivity contribution in [3.8, 4) is 5.82 Å². The fourth-order valence-corrected chi connectivity index (χ4v) is 4.25. The highest BCUT2D eigenvalue weighted by Gasteiger charge is 2.14. The molecule has 5 nitrogen and oxygen atoms in total. The van der Waals surface area contributed by atoms with E-state index in [1.54, 1.807) is 6.08 Å². The van der Waals surface area contributed by atoms with Gasteiger partial charge >= 0.3 is 0 Å². The maximum Gasteiger partial charge on any atom is 0.244 e. The molecule has 158 valence electrons. The van der Waals surface area contributed by atoms with E-state index in [1.807, 2.05) is 40.8 Å². The lowest BCUT2D eigenvalue weighted by molar-refractivity contribution is -0.116. The third-order valence-corrected chi connectivity index (χ3v) is 5.94. The number of benzene rings is 1. The zero-order valence-electron chi connectivity index (χ0n) is 18.1. The number of aromatic nitrogens is 3. The Kier molecular flexibility index (Phi) is 7.57. The van der Waals surface area contributed by atoms with Crippen LogP contribution < -0.4 is 5.32 Å². The Labute approximate surface area is 183 Å². The molecule has 1 aromatic carbocycles. The van der Waals surface area contributed by atoms with Crippen molar-refractivity contribution in [1.29, 1.82) is 0 Å². The Morgan fingerprint density at radius 3 is 2.70 bits per heavy atom. The third-order valence-electron chi connectivity index (χ3n) is 4.91. The minimum Gasteiger partial charge on any atom is -0.352 e. The molecule has 0 unspecified atom stereocenters. The third kappa shape index (κ3) is 5.45. The van der Waals surface area contributed by atoms with E-state index in [4.69, 9.17) is 0 Å². The lowest BCUT2D eigenvalue weighted by atomic mass is 10.2. The molecule has 6 heteroatoms. The SMILES string of the molecule is Cc1cc(/C=C/C(=O)NCCSCc2ccccc2)c(C)n1-c1ccnn1C(C)C. The van der Waals surface area contributed by atoms with Gasteiger partial charge in [0.05, 0.1) is 6.20 Å². The molecule has 0 spiro atoms. The summed E-state index contributed by atoms with van der Waals surface area (Å²) in [4.78, 5) is 12.2. The molecule has 1 N–H and O–H groups in total. The predicted molar refractivity (Wildman–Crippen MR) is 126 cm³/mol. The van der Waals surface area contributed by atoms with E-state index in [2.05, 4.69) is 73.0 Å². The number of aryl methyl sites for hydroxylation is 1. The van der Waals surface area contributed by atoms with E-state index in [0.717, 1.165) is 34.3 Å². The van der Waals surface area contributed by atoms with Crippen molar-refractivity contribution in [2.24, 2.45) is 0 Å². The van der Waals surface area contributed by atoms with Crippen LogP contribution in [0.4, 0.5) is 0 Å². The highest BCUT2D eigenvalue weighted by Crippen LogP contribution is 2.23. The first kappa shape index (κ1) is 22.0. The van der Waals surface area contributed by atoms with Crippen LogP contribution in [0.3, 0.4) is 0 Å². The molecule has 0 aliphatic heterocycles. The Morgan fingerprint density at radius 2 is 1.97 bits per heavy atom. The molecule has 2 aromatic heterocycles. The second kappa shape index (κ2) is 10.3. The quantitative estimate of drug-likeness (QED) is 0.393. The monoisotopic (exact) mass is 422 g/mol. The van der Waals surface area contributed by atoms with Crippen LogP contribution in [-0.2, 0) is 10.5 Å². The molecule has 0 aliphatic rings. The van der Waals surface area contributed by atoms with E-state index in [0.29, 0.717) is 6.54 Å². The first-order valence-electron chi connectivity index (χ1n) is 10.3. The highest BCUT2D eigenvalue weighted by molar-refractivity contribution is 7.98.